The van der Waals surface area contributed by atoms with Crippen LogP contribution in [0.1, 0.15) is 15.9 Å². The Morgan fingerprint density at radius 3 is 2.79 bits per heavy atom. The summed E-state index contributed by atoms with van der Waals surface area (Å²) in [7, 11) is 1.71. The molecule has 0 atom stereocenters. The number of ketones is 1. The third-order valence-electron chi connectivity index (χ3n) is 2.54. The number of carbonyl (C=O) groups excluding carboxylic acids is 1. The number of carbonyl (C=O) groups is 1. The SMILES string of the molecule is Cn1cc(C(=O)C=Cc2ccccc2[N+](=O)[O-])cn1. The molecule has 6 nitrogen and oxygen atoms in total. The van der Waals surface area contributed by atoms with Gasteiger partial charge in [-0.15, -0.1) is 0 Å². The van der Waals surface area contributed by atoms with E-state index in [0.29, 0.717) is 11.1 Å². The molecule has 1 aromatic heterocycles. The van der Waals surface area contributed by atoms with Crippen molar-refractivity contribution in [1.82, 2.24) is 9.78 Å². The van der Waals surface area contributed by atoms with Gasteiger partial charge < -0.3 is 0 Å². The topological polar surface area (TPSA) is 78.0 Å². The smallest absolute Gasteiger partial charge is 0.276 e. The minimum Gasteiger partial charge on any atom is -0.289 e. The van der Waals surface area contributed by atoms with Crippen LogP contribution in [0.25, 0.3) is 6.08 Å². The summed E-state index contributed by atoms with van der Waals surface area (Å²) < 4.78 is 1.52. The number of aryl methyl sites for hydroxylation is 1. The molecule has 0 spiro atoms. The van der Waals surface area contributed by atoms with Crippen molar-refractivity contribution in [2.75, 3.05) is 0 Å². The molecule has 0 unspecified atom stereocenters. The first-order valence-electron chi connectivity index (χ1n) is 5.52. The summed E-state index contributed by atoms with van der Waals surface area (Å²) in [5.41, 5.74) is 0.805. The molecule has 0 saturated carbocycles. The van der Waals surface area contributed by atoms with Crippen LogP contribution in [0.5, 0.6) is 0 Å². The van der Waals surface area contributed by atoms with Crippen molar-refractivity contribution < 1.29 is 9.72 Å². The number of nitrogens with zero attached hydrogens (tertiary/aromatic N) is 3. The van der Waals surface area contributed by atoms with E-state index in [1.54, 1.807) is 31.4 Å². The number of hydrogen-bond donors (Lipinski definition) is 0. The van der Waals surface area contributed by atoms with E-state index in [0.717, 1.165) is 0 Å². The monoisotopic (exact) mass is 257 g/mol. The Kier molecular flexibility index (Phi) is 3.51. The molecule has 1 heterocycles. The molecule has 1 aromatic carbocycles. The Labute approximate surface area is 109 Å². The van der Waals surface area contributed by atoms with E-state index in [-0.39, 0.29) is 11.5 Å². The number of benzene rings is 1. The molecule has 0 radical (unpaired) electrons. The average Bonchev–Trinajstić information content (AvgIpc) is 2.83. The zero-order valence-electron chi connectivity index (χ0n) is 10.2. The first kappa shape index (κ1) is 12.7. The maximum Gasteiger partial charge on any atom is 0.276 e. The third kappa shape index (κ3) is 2.92. The molecule has 6 heteroatoms. The molecule has 0 aliphatic carbocycles. The number of aromatic nitrogens is 2. The van der Waals surface area contributed by atoms with Gasteiger partial charge in [-0.3, -0.25) is 19.6 Å². The predicted molar refractivity (Wildman–Crippen MR) is 69.7 cm³/mol. The summed E-state index contributed by atoms with van der Waals surface area (Å²) in [6.07, 6.45) is 5.78. The standard InChI is InChI=1S/C13H11N3O3/c1-15-9-11(8-14-15)13(17)7-6-10-4-2-3-5-12(10)16(18)19/h2-9H,1H3. The van der Waals surface area contributed by atoms with Gasteiger partial charge >= 0.3 is 0 Å². The quantitative estimate of drug-likeness (QED) is 0.364. The Morgan fingerprint density at radius 2 is 2.16 bits per heavy atom. The first-order valence-corrected chi connectivity index (χ1v) is 5.52. The molecule has 2 rings (SSSR count). The van der Waals surface area contributed by atoms with Crippen molar-refractivity contribution in [3.8, 4) is 0 Å². The van der Waals surface area contributed by atoms with Crippen LogP contribution in [0.2, 0.25) is 0 Å². The van der Waals surface area contributed by atoms with Crippen molar-refractivity contribution in [3.05, 3.63) is 64.0 Å². The number of nitro groups is 1. The first-order chi connectivity index (χ1) is 9.08. The fourth-order valence-electron chi connectivity index (χ4n) is 1.60. The number of nitro benzene ring substituents is 1. The van der Waals surface area contributed by atoms with Gasteiger partial charge in [-0.2, -0.15) is 5.10 Å². The lowest BCUT2D eigenvalue weighted by Gasteiger charge is -1.95. The van der Waals surface area contributed by atoms with Crippen molar-refractivity contribution in [2.24, 2.45) is 7.05 Å². The van der Waals surface area contributed by atoms with Crippen LogP contribution in [0.3, 0.4) is 0 Å². The number of allylic oxidation sites excluding steroid dienone is 1. The molecule has 2 aromatic rings. The maximum atomic E-state index is 11.8. The van der Waals surface area contributed by atoms with Crippen LogP contribution in [-0.2, 0) is 7.05 Å². The zero-order chi connectivity index (χ0) is 13.8. The Bertz CT molecular complexity index is 659. The highest BCUT2D eigenvalue weighted by atomic mass is 16.6. The van der Waals surface area contributed by atoms with Crippen LogP contribution in [0.15, 0.2) is 42.7 Å². The minimum atomic E-state index is -0.478. The maximum absolute atomic E-state index is 11.8. The lowest BCUT2D eigenvalue weighted by molar-refractivity contribution is -0.385. The van der Waals surface area contributed by atoms with E-state index in [9.17, 15) is 14.9 Å². The van der Waals surface area contributed by atoms with Gasteiger partial charge in [0.05, 0.1) is 22.2 Å². The molecule has 0 N–H and O–H groups in total. The van der Waals surface area contributed by atoms with Gasteiger partial charge in [-0.25, -0.2) is 0 Å². The van der Waals surface area contributed by atoms with Crippen molar-refractivity contribution >= 4 is 17.5 Å². The van der Waals surface area contributed by atoms with Crippen molar-refractivity contribution in [2.45, 2.75) is 0 Å². The van der Waals surface area contributed by atoms with E-state index in [2.05, 4.69) is 5.10 Å². The average molecular weight is 257 g/mol. The van der Waals surface area contributed by atoms with Gasteiger partial charge in [0.15, 0.2) is 5.78 Å². The van der Waals surface area contributed by atoms with Crippen LogP contribution in [-0.4, -0.2) is 20.5 Å². The highest BCUT2D eigenvalue weighted by Gasteiger charge is 2.10. The summed E-state index contributed by atoms with van der Waals surface area (Å²) in [6.45, 7) is 0. The van der Waals surface area contributed by atoms with Crippen molar-refractivity contribution in [3.63, 3.8) is 0 Å². The van der Waals surface area contributed by atoms with Gasteiger partial charge in [0, 0.05) is 19.3 Å². The lowest BCUT2D eigenvalue weighted by atomic mass is 10.1. The Morgan fingerprint density at radius 1 is 1.42 bits per heavy atom. The predicted octanol–water partition coefficient (Wildman–Crippen LogP) is 2.22. The van der Waals surface area contributed by atoms with Gasteiger partial charge in [0.2, 0.25) is 0 Å². The highest BCUT2D eigenvalue weighted by Crippen LogP contribution is 2.19. The second kappa shape index (κ2) is 5.26. The number of para-hydroxylation sites is 1. The molecule has 0 saturated heterocycles. The summed E-state index contributed by atoms with van der Waals surface area (Å²) in [6, 6.07) is 6.25. The van der Waals surface area contributed by atoms with E-state index in [1.807, 2.05) is 0 Å². The van der Waals surface area contributed by atoms with E-state index >= 15 is 0 Å². The normalized spacial score (nSPS) is 10.8. The van der Waals surface area contributed by atoms with Crippen LogP contribution < -0.4 is 0 Å². The molecule has 0 aliphatic rings. The molecule has 0 bridgehead atoms. The van der Waals surface area contributed by atoms with Gasteiger partial charge in [-0.1, -0.05) is 12.1 Å². The molecule has 0 fully saturated rings. The number of hydrogen-bond acceptors (Lipinski definition) is 4. The van der Waals surface area contributed by atoms with Gasteiger partial charge in [-0.05, 0) is 18.2 Å². The second-order valence-electron chi connectivity index (χ2n) is 3.92. The summed E-state index contributed by atoms with van der Waals surface area (Å²) in [4.78, 5) is 22.1. The number of rotatable bonds is 4. The highest BCUT2D eigenvalue weighted by molar-refractivity contribution is 6.06. The van der Waals surface area contributed by atoms with Crippen molar-refractivity contribution in [1.29, 1.82) is 0 Å². The Balaban J connectivity index is 2.24. The summed E-state index contributed by atoms with van der Waals surface area (Å²) in [5, 5.41) is 14.7. The summed E-state index contributed by atoms with van der Waals surface area (Å²) in [5.74, 6) is -0.244. The molecular formula is C13H11N3O3. The zero-order valence-corrected chi connectivity index (χ0v) is 10.2. The minimum absolute atomic E-state index is 0.0299. The van der Waals surface area contributed by atoms with E-state index in [1.165, 1.54) is 29.1 Å². The third-order valence-corrected chi connectivity index (χ3v) is 2.54. The molecule has 0 amide bonds. The van der Waals surface area contributed by atoms with E-state index < -0.39 is 4.92 Å². The summed E-state index contributed by atoms with van der Waals surface area (Å²) >= 11 is 0. The fraction of sp³-hybridized carbons (Fsp3) is 0.0769. The molecule has 0 aliphatic heterocycles. The van der Waals surface area contributed by atoms with Crippen LogP contribution in [0.4, 0.5) is 5.69 Å². The Hall–Kier alpha value is -2.76. The van der Waals surface area contributed by atoms with Gasteiger partial charge in [0.25, 0.3) is 5.69 Å². The molecule has 96 valence electrons. The van der Waals surface area contributed by atoms with E-state index in [4.69, 9.17) is 0 Å². The fourth-order valence-corrected chi connectivity index (χ4v) is 1.60. The molecule has 19 heavy (non-hydrogen) atoms. The second-order valence-corrected chi connectivity index (χ2v) is 3.92. The van der Waals surface area contributed by atoms with Crippen LogP contribution in [0, 0.1) is 10.1 Å². The largest absolute Gasteiger partial charge is 0.289 e. The lowest BCUT2D eigenvalue weighted by Crippen LogP contribution is -1.94. The molecular weight excluding hydrogens is 246 g/mol. The van der Waals surface area contributed by atoms with Crippen LogP contribution >= 0.6 is 0 Å². The van der Waals surface area contributed by atoms with Gasteiger partial charge in [0.1, 0.15) is 0 Å².